The normalized spacial score (nSPS) is 12.8. The van der Waals surface area contributed by atoms with Crippen LogP contribution in [-0.4, -0.2) is 16.8 Å². The smallest absolute Gasteiger partial charge is 0.282 e. The molecule has 2 heterocycles. The van der Waals surface area contributed by atoms with Crippen molar-refractivity contribution in [2.24, 2.45) is 0 Å². The van der Waals surface area contributed by atoms with Gasteiger partial charge in [-0.2, -0.15) is 0 Å². The lowest BCUT2D eigenvalue weighted by molar-refractivity contribution is 0.146. The lowest BCUT2D eigenvalue weighted by atomic mass is 10.2. The average Bonchev–Trinajstić information content (AvgIpc) is 2.93. The molecule has 2 aromatic rings. The van der Waals surface area contributed by atoms with Gasteiger partial charge in [-0.3, -0.25) is 0 Å². The van der Waals surface area contributed by atoms with E-state index in [0.717, 1.165) is 11.9 Å². The molecule has 1 aromatic heterocycles. The summed E-state index contributed by atoms with van der Waals surface area (Å²) in [5.41, 5.74) is 0.396. The molecule has 0 bridgehead atoms. The molecule has 3 rings (SSSR count). The van der Waals surface area contributed by atoms with Crippen LogP contribution in [0.1, 0.15) is 17.7 Å². The second-order valence-corrected chi connectivity index (χ2v) is 4.64. The highest BCUT2D eigenvalue weighted by molar-refractivity contribution is 6.33. The van der Waals surface area contributed by atoms with E-state index in [9.17, 15) is 8.78 Å². The van der Waals surface area contributed by atoms with E-state index in [2.05, 4.69) is 15.3 Å². The van der Waals surface area contributed by atoms with Crippen LogP contribution in [0.25, 0.3) is 0 Å². The first kappa shape index (κ1) is 13.8. The minimum Gasteiger partial charge on any atom is -0.454 e. The van der Waals surface area contributed by atoms with Crippen molar-refractivity contribution in [2.75, 3.05) is 12.1 Å². The number of nitrogens with zero attached hydrogens (tertiary/aromatic N) is 2. The number of anilines is 1. The van der Waals surface area contributed by atoms with E-state index in [0.29, 0.717) is 18.0 Å². The minimum atomic E-state index is -2.74. The molecule has 1 aromatic carbocycles. The molecule has 0 saturated heterocycles. The van der Waals surface area contributed by atoms with Crippen LogP contribution < -0.4 is 14.8 Å². The van der Waals surface area contributed by atoms with Crippen molar-refractivity contribution in [3.63, 3.8) is 0 Å². The van der Waals surface area contributed by atoms with Crippen LogP contribution in [0.15, 0.2) is 24.5 Å². The van der Waals surface area contributed by atoms with Gasteiger partial charge in [-0.15, -0.1) is 0 Å². The van der Waals surface area contributed by atoms with Gasteiger partial charge in [0.1, 0.15) is 22.9 Å². The van der Waals surface area contributed by atoms with E-state index < -0.39 is 12.1 Å². The molecule has 5 nitrogen and oxygen atoms in total. The summed E-state index contributed by atoms with van der Waals surface area (Å²) in [4.78, 5) is 7.34. The van der Waals surface area contributed by atoms with Crippen LogP contribution in [0.3, 0.4) is 0 Å². The van der Waals surface area contributed by atoms with Crippen LogP contribution in [0.5, 0.6) is 11.5 Å². The van der Waals surface area contributed by atoms with Crippen molar-refractivity contribution in [1.29, 1.82) is 0 Å². The third kappa shape index (κ3) is 2.82. The van der Waals surface area contributed by atoms with Crippen LogP contribution in [0.2, 0.25) is 5.02 Å². The van der Waals surface area contributed by atoms with Crippen LogP contribution in [0.4, 0.5) is 14.6 Å². The third-order valence-corrected chi connectivity index (χ3v) is 3.29. The van der Waals surface area contributed by atoms with Crippen LogP contribution in [-0.2, 0) is 6.54 Å². The molecule has 0 saturated carbocycles. The highest BCUT2D eigenvalue weighted by Gasteiger charge is 2.18. The van der Waals surface area contributed by atoms with Crippen molar-refractivity contribution in [1.82, 2.24) is 9.97 Å². The molecule has 21 heavy (non-hydrogen) atoms. The lowest BCUT2D eigenvalue weighted by Crippen LogP contribution is -2.05. The second kappa shape index (κ2) is 5.69. The average molecular weight is 314 g/mol. The number of benzene rings is 1. The first-order valence-corrected chi connectivity index (χ1v) is 6.44. The molecule has 0 atom stereocenters. The van der Waals surface area contributed by atoms with Crippen LogP contribution >= 0.6 is 11.6 Å². The molecule has 0 aliphatic carbocycles. The molecular formula is C13H10ClF2N3O2. The fourth-order valence-corrected chi connectivity index (χ4v) is 2.14. The Labute approximate surface area is 123 Å². The van der Waals surface area contributed by atoms with Crippen molar-refractivity contribution < 1.29 is 18.3 Å². The Bertz CT molecular complexity index is 670. The first-order valence-electron chi connectivity index (χ1n) is 6.06. The molecule has 0 spiro atoms. The number of hydrogen-bond donors (Lipinski definition) is 1. The van der Waals surface area contributed by atoms with Crippen molar-refractivity contribution in [3.8, 4) is 11.5 Å². The molecule has 8 heteroatoms. The van der Waals surface area contributed by atoms with E-state index in [1.165, 1.54) is 0 Å². The lowest BCUT2D eigenvalue weighted by Gasteiger charge is -2.10. The van der Waals surface area contributed by atoms with Crippen molar-refractivity contribution >= 4 is 17.4 Å². The Balaban J connectivity index is 1.75. The first-order chi connectivity index (χ1) is 10.1. The van der Waals surface area contributed by atoms with E-state index in [-0.39, 0.29) is 17.6 Å². The molecular weight excluding hydrogens is 304 g/mol. The maximum absolute atomic E-state index is 12.7. The Hall–Kier alpha value is -2.15. The fourth-order valence-electron chi connectivity index (χ4n) is 1.90. The van der Waals surface area contributed by atoms with E-state index in [1.807, 2.05) is 6.07 Å². The summed E-state index contributed by atoms with van der Waals surface area (Å²) in [5.74, 6) is 1.50. The van der Waals surface area contributed by atoms with Gasteiger partial charge in [0.15, 0.2) is 11.5 Å². The summed E-state index contributed by atoms with van der Waals surface area (Å²) in [5, 5.41) is 2.73. The number of aromatic nitrogens is 2. The minimum absolute atomic E-state index is 0.166. The van der Waals surface area contributed by atoms with Gasteiger partial charge in [-0.25, -0.2) is 18.7 Å². The zero-order chi connectivity index (χ0) is 14.8. The predicted molar refractivity (Wildman–Crippen MR) is 71.9 cm³/mol. The Morgan fingerprint density at radius 3 is 2.86 bits per heavy atom. The van der Waals surface area contributed by atoms with Gasteiger partial charge in [0.2, 0.25) is 6.79 Å². The van der Waals surface area contributed by atoms with Gasteiger partial charge in [-0.05, 0) is 17.7 Å². The van der Waals surface area contributed by atoms with Gasteiger partial charge in [0, 0.05) is 6.54 Å². The summed E-state index contributed by atoms with van der Waals surface area (Å²) in [6.45, 7) is 0.553. The summed E-state index contributed by atoms with van der Waals surface area (Å²) in [6, 6.07) is 5.42. The topological polar surface area (TPSA) is 56.3 Å². The Morgan fingerprint density at radius 2 is 2.05 bits per heavy atom. The largest absolute Gasteiger partial charge is 0.454 e. The molecule has 1 aliphatic rings. The molecule has 0 unspecified atom stereocenters. The SMILES string of the molecule is FC(F)c1ncnc(NCc2ccc3c(c2)OCO3)c1Cl. The monoisotopic (exact) mass is 313 g/mol. The van der Waals surface area contributed by atoms with Crippen LogP contribution in [0, 0.1) is 0 Å². The van der Waals surface area contributed by atoms with Gasteiger partial charge in [0.25, 0.3) is 6.43 Å². The summed E-state index contributed by atoms with van der Waals surface area (Å²) < 4.78 is 35.9. The van der Waals surface area contributed by atoms with Gasteiger partial charge in [0.05, 0.1) is 0 Å². The summed E-state index contributed by atoms with van der Waals surface area (Å²) >= 11 is 5.85. The van der Waals surface area contributed by atoms with Crippen molar-refractivity contribution in [3.05, 3.63) is 40.8 Å². The number of nitrogens with one attached hydrogen (secondary N) is 1. The van der Waals surface area contributed by atoms with Gasteiger partial charge >= 0.3 is 0 Å². The Morgan fingerprint density at radius 1 is 1.24 bits per heavy atom. The predicted octanol–water partition coefficient (Wildman–Crippen LogP) is 3.41. The molecule has 1 aliphatic heterocycles. The molecule has 0 radical (unpaired) electrons. The maximum atomic E-state index is 12.7. The zero-order valence-corrected chi connectivity index (χ0v) is 11.4. The van der Waals surface area contributed by atoms with Crippen molar-refractivity contribution in [2.45, 2.75) is 13.0 Å². The molecule has 1 N–H and O–H groups in total. The Kier molecular flexibility index (Phi) is 3.74. The fraction of sp³-hybridized carbons (Fsp3) is 0.231. The summed E-state index contributed by atoms with van der Waals surface area (Å²) in [7, 11) is 0. The van der Waals surface area contributed by atoms with Gasteiger partial charge < -0.3 is 14.8 Å². The third-order valence-electron chi connectivity index (χ3n) is 2.92. The number of hydrogen-bond acceptors (Lipinski definition) is 5. The number of rotatable bonds is 4. The van der Waals surface area contributed by atoms with E-state index in [1.54, 1.807) is 12.1 Å². The van der Waals surface area contributed by atoms with Gasteiger partial charge in [-0.1, -0.05) is 17.7 Å². The van der Waals surface area contributed by atoms with E-state index >= 15 is 0 Å². The van der Waals surface area contributed by atoms with E-state index in [4.69, 9.17) is 21.1 Å². The standard InChI is InChI=1S/C13H10ClF2N3O2/c14-10-11(12(15)16)18-5-19-13(10)17-4-7-1-2-8-9(3-7)21-6-20-8/h1-3,5,12H,4,6H2,(H,17,18,19). The maximum Gasteiger partial charge on any atom is 0.282 e. The number of alkyl halides is 2. The summed E-state index contributed by atoms with van der Waals surface area (Å²) in [6.07, 6.45) is -1.69. The second-order valence-electron chi connectivity index (χ2n) is 4.26. The number of ether oxygens (including phenoxy) is 2. The molecule has 110 valence electrons. The molecule has 0 fully saturated rings. The molecule has 0 amide bonds. The number of halogens is 3. The zero-order valence-electron chi connectivity index (χ0n) is 10.6. The quantitative estimate of drug-likeness (QED) is 0.937. The number of fused-ring (bicyclic) bond motifs is 1. The highest BCUT2D eigenvalue weighted by atomic mass is 35.5. The highest BCUT2D eigenvalue weighted by Crippen LogP contribution is 2.33.